The molecule has 0 aromatic heterocycles. The van der Waals surface area contributed by atoms with E-state index in [2.05, 4.69) is 129 Å². The van der Waals surface area contributed by atoms with Crippen molar-refractivity contribution in [2.75, 3.05) is 6.61 Å². The van der Waals surface area contributed by atoms with Crippen molar-refractivity contribution in [2.24, 2.45) is 0 Å². The standard InChI is InChI=1S/C30H36OSi/c1-26(17-15-25-32(2,3)4)16-14-24-31-30(27-18-8-5-9-19-27,28-20-10-6-11-21-28)29-22-12-7-13-23-29/h5-13,15,17-23H,1,14,16,24-25H2,2-4H3/b17-15+. The monoisotopic (exact) mass is 440 g/mol. The zero-order chi connectivity index (χ0) is 22.9. The van der Waals surface area contributed by atoms with E-state index in [0.29, 0.717) is 6.61 Å². The number of hydrogen-bond donors (Lipinski definition) is 0. The normalized spacial score (nSPS) is 12.2. The summed E-state index contributed by atoms with van der Waals surface area (Å²) in [4.78, 5) is 0. The largest absolute Gasteiger partial charge is 0.361 e. The molecule has 166 valence electrons. The molecule has 0 saturated heterocycles. The third-order valence-corrected chi connectivity index (χ3v) is 7.05. The van der Waals surface area contributed by atoms with E-state index < -0.39 is 13.7 Å². The van der Waals surface area contributed by atoms with Crippen LogP contribution in [0.3, 0.4) is 0 Å². The van der Waals surface area contributed by atoms with Gasteiger partial charge in [-0.15, -0.1) is 0 Å². The highest BCUT2D eigenvalue weighted by Gasteiger charge is 2.37. The average Bonchev–Trinajstić information content (AvgIpc) is 2.80. The lowest BCUT2D eigenvalue weighted by atomic mass is 9.80. The van der Waals surface area contributed by atoms with Crippen molar-refractivity contribution < 1.29 is 4.74 Å². The first-order valence-electron chi connectivity index (χ1n) is 11.6. The van der Waals surface area contributed by atoms with Crippen molar-refractivity contribution in [2.45, 2.75) is 44.1 Å². The maximum Gasteiger partial charge on any atom is 0.143 e. The van der Waals surface area contributed by atoms with Gasteiger partial charge in [0.05, 0.1) is 0 Å². The van der Waals surface area contributed by atoms with Crippen LogP contribution in [0.1, 0.15) is 29.5 Å². The molecule has 0 saturated carbocycles. The van der Waals surface area contributed by atoms with Crippen LogP contribution in [0.2, 0.25) is 25.7 Å². The Balaban J connectivity index is 1.82. The molecule has 0 atom stereocenters. The number of hydrogen-bond acceptors (Lipinski definition) is 1. The predicted octanol–water partition coefficient (Wildman–Crippen LogP) is 8.23. The van der Waals surface area contributed by atoms with E-state index in [1.54, 1.807) is 0 Å². The zero-order valence-electron chi connectivity index (χ0n) is 19.8. The summed E-state index contributed by atoms with van der Waals surface area (Å²) >= 11 is 0. The van der Waals surface area contributed by atoms with Gasteiger partial charge in [0, 0.05) is 14.7 Å². The first-order chi connectivity index (χ1) is 15.4. The molecule has 0 N–H and O–H groups in total. The maximum atomic E-state index is 6.84. The van der Waals surface area contributed by atoms with Gasteiger partial charge >= 0.3 is 0 Å². The van der Waals surface area contributed by atoms with Crippen LogP contribution in [-0.4, -0.2) is 14.7 Å². The number of allylic oxidation sites excluding steroid dienone is 3. The molecule has 1 nitrogen and oxygen atoms in total. The summed E-state index contributed by atoms with van der Waals surface area (Å²) in [6.07, 6.45) is 6.38. The smallest absolute Gasteiger partial charge is 0.143 e. The van der Waals surface area contributed by atoms with Crippen molar-refractivity contribution in [1.29, 1.82) is 0 Å². The summed E-state index contributed by atoms with van der Waals surface area (Å²) in [5.74, 6) is 0. The molecule has 3 aromatic carbocycles. The van der Waals surface area contributed by atoms with E-state index in [0.717, 1.165) is 29.5 Å². The Morgan fingerprint density at radius 2 is 1.22 bits per heavy atom. The van der Waals surface area contributed by atoms with Gasteiger partial charge in [0.25, 0.3) is 0 Å². The van der Waals surface area contributed by atoms with Gasteiger partial charge in [0.1, 0.15) is 5.60 Å². The van der Waals surface area contributed by atoms with Crippen molar-refractivity contribution >= 4 is 8.07 Å². The second-order valence-corrected chi connectivity index (χ2v) is 15.1. The summed E-state index contributed by atoms with van der Waals surface area (Å²) in [7, 11) is -1.05. The lowest BCUT2D eigenvalue weighted by Gasteiger charge is -2.36. The zero-order valence-corrected chi connectivity index (χ0v) is 20.8. The van der Waals surface area contributed by atoms with E-state index in [4.69, 9.17) is 4.74 Å². The van der Waals surface area contributed by atoms with E-state index in [-0.39, 0.29) is 0 Å². The third-order valence-electron chi connectivity index (χ3n) is 5.59. The highest BCUT2D eigenvalue weighted by molar-refractivity contribution is 6.76. The Kier molecular flexibility index (Phi) is 8.44. The Bertz CT molecular complexity index is 889. The van der Waals surface area contributed by atoms with Gasteiger partial charge in [-0.2, -0.15) is 0 Å². The second-order valence-electron chi connectivity index (χ2n) is 9.56. The van der Waals surface area contributed by atoms with Crippen LogP contribution in [0.4, 0.5) is 0 Å². The lowest BCUT2D eigenvalue weighted by molar-refractivity contribution is 0.0117. The highest BCUT2D eigenvalue weighted by Crippen LogP contribution is 2.40. The van der Waals surface area contributed by atoms with Crippen molar-refractivity contribution in [3.05, 3.63) is 132 Å². The SMILES string of the molecule is C=C(/C=C/C[Si](C)(C)C)CCCOC(c1ccccc1)(c1ccccc1)c1ccccc1. The Hall–Kier alpha value is -2.68. The molecule has 0 aliphatic heterocycles. The van der Waals surface area contributed by atoms with E-state index in [9.17, 15) is 0 Å². The third kappa shape index (κ3) is 6.41. The Morgan fingerprint density at radius 3 is 1.62 bits per heavy atom. The van der Waals surface area contributed by atoms with Crippen LogP contribution < -0.4 is 0 Å². The number of ether oxygens (including phenoxy) is 1. The molecule has 0 aliphatic carbocycles. The summed E-state index contributed by atoms with van der Waals surface area (Å²) < 4.78 is 6.84. The average molecular weight is 441 g/mol. The van der Waals surface area contributed by atoms with Crippen LogP contribution in [0.15, 0.2) is 115 Å². The van der Waals surface area contributed by atoms with Crippen molar-refractivity contribution in [1.82, 2.24) is 0 Å². The predicted molar refractivity (Wildman–Crippen MR) is 141 cm³/mol. The van der Waals surface area contributed by atoms with E-state index in [1.165, 1.54) is 11.6 Å². The van der Waals surface area contributed by atoms with Gasteiger partial charge in [0.2, 0.25) is 0 Å². The number of rotatable bonds is 11. The molecule has 3 aromatic rings. The Labute approximate surface area is 195 Å². The fourth-order valence-corrected chi connectivity index (χ4v) is 4.78. The number of benzene rings is 3. The molecule has 3 rings (SSSR count). The van der Waals surface area contributed by atoms with Crippen molar-refractivity contribution in [3.63, 3.8) is 0 Å². The van der Waals surface area contributed by atoms with Gasteiger partial charge in [-0.1, -0.05) is 135 Å². The lowest BCUT2D eigenvalue weighted by Crippen LogP contribution is -2.33. The van der Waals surface area contributed by atoms with Crippen LogP contribution in [-0.2, 0) is 10.3 Å². The van der Waals surface area contributed by atoms with Crippen LogP contribution in [0.25, 0.3) is 0 Å². The van der Waals surface area contributed by atoms with Gasteiger partial charge in [-0.05, 0) is 35.6 Å². The van der Waals surface area contributed by atoms with Crippen molar-refractivity contribution in [3.8, 4) is 0 Å². The summed E-state index contributed by atoms with van der Waals surface area (Å²) in [6.45, 7) is 12.1. The molecular formula is C30H36OSi. The minimum Gasteiger partial charge on any atom is -0.361 e. The van der Waals surface area contributed by atoms with Gasteiger partial charge in [0.15, 0.2) is 0 Å². The maximum absolute atomic E-state index is 6.84. The Morgan fingerprint density at radius 1 is 0.781 bits per heavy atom. The van der Waals surface area contributed by atoms with E-state index in [1.807, 2.05) is 0 Å². The second kappa shape index (κ2) is 11.3. The summed E-state index contributed by atoms with van der Waals surface area (Å²) in [5.41, 5.74) is 3.97. The fourth-order valence-electron chi connectivity index (χ4n) is 3.96. The molecule has 0 fully saturated rings. The molecule has 0 aliphatic rings. The molecule has 0 radical (unpaired) electrons. The van der Waals surface area contributed by atoms with Gasteiger partial charge < -0.3 is 4.74 Å². The molecule has 0 amide bonds. The minimum atomic E-state index is -1.05. The molecule has 0 heterocycles. The summed E-state index contributed by atoms with van der Waals surface area (Å²) in [6, 6.07) is 32.9. The van der Waals surface area contributed by atoms with Gasteiger partial charge in [-0.3, -0.25) is 0 Å². The molecular weight excluding hydrogens is 404 g/mol. The topological polar surface area (TPSA) is 9.23 Å². The highest BCUT2D eigenvalue weighted by atomic mass is 28.3. The molecule has 32 heavy (non-hydrogen) atoms. The molecule has 0 unspecified atom stereocenters. The first kappa shape index (κ1) is 24.0. The minimum absolute atomic E-state index is 0.640. The molecule has 0 bridgehead atoms. The van der Waals surface area contributed by atoms with Gasteiger partial charge in [-0.25, -0.2) is 0 Å². The molecule has 2 heteroatoms. The van der Waals surface area contributed by atoms with Crippen LogP contribution in [0.5, 0.6) is 0 Å². The molecule has 0 spiro atoms. The van der Waals surface area contributed by atoms with Crippen LogP contribution >= 0.6 is 0 Å². The van der Waals surface area contributed by atoms with E-state index >= 15 is 0 Å². The fraction of sp³-hybridized carbons (Fsp3) is 0.267. The quantitative estimate of drug-likeness (QED) is 0.126. The summed E-state index contributed by atoms with van der Waals surface area (Å²) in [5, 5.41) is 0. The van der Waals surface area contributed by atoms with Crippen LogP contribution in [0, 0.1) is 0 Å². The first-order valence-corrected chi connectivity index (χ1v) is 15.3.